The number of benzene rings is 2. The minimum atomic E-state index is 0.0192. The molecule has 0 unspecified atom stereocenters. The standard InChI is InChI=1S/C24H29NO2/c1-2-26-24-20-13-7-8-14-22(20)27-23(17-19-11-5-3-6-12-19)21(24)18-25-15-9-4-10-16-25/h3,5-8,11-14,23H,2,4,9-10,15-18H2,1H3/t23-/m1/s1. The molecule has 0 spiro atoms. The number of fused-ring (bicyclic) bond motifs is 1. The Morgan fingerprint density at radius 2 is 1.70 bits per heavy atom. The molecule has 1 fully saturated rings. The minimum absolute atomic E-state index is 0.0192. The molecule has 1 saturated heterocycles. The van der Waals surface area contributed by atoms with Gasteiger partial charge in [0.15, 0.2) is 0 Å². The van der Waals surface area contributed by atoms with E-state index in [0.717, 1.165) is 30.0 Å². The highest BCUT2D eigenvalue weighted by Crippen LogP contribution is 2.38. The fourth-order valence-corrected chi connectivity index (χ4v) is 4.14. The lowest BCUT2D eigenvalue weighted by Gasteiger charge is -2.35. The molecule has 2 aromatic rings. The first-order valence-corrected chi connectivity index (χ1v) is 10.2. The molecule has 0 N–H and O–H groups in total. The van der Waals surface area contributed by atoms with Crippen molar-refractivity contribution in [2.24, 2.45) is 0 Å². The van der Waals surface area contributed by atoms with Gasteiger partial charge in [-0.25, -0.2) is 0 Å². The van der Waals surface area contributed by atoms with Gasteiger partial charge in [-0.15, -0.1) is 0 Å². The van der Waals surface area contributed by atoms with Gasteiger partial charge >= 0.3 is 0 Å². The molecule has 142 valence electrons. The lowest BCUT2D eigenvalue weighted by atomic mass is 9.93. The number of nitrogens with zero attached hydrogens (tertiary/aromatic N) is 1. The summed E-state index contributed by atoms with van der Waals surface area (Å²) in [5.41, 5.74) is 3.69. The van der Waals surface area contributed by atoms with Gasteiger partial charge in [0.25, 0.3) is 0 Å². The molecule has 0 saturated carbocycles. The molecule has 0 aromatic heterocycles. The van der Waals surface area contributed by atoms with E-state index < -0.39 is 0 Å². The summed E-state index contributed by atoms with van der Waals surface area (Å²) in [5.74, 6) is 1.97. The highest BCUT2D eigenvalue weighted by Gasteiger charge is 2.31. The van der Waals surface area contributed by atoms with E-state index in [-0.39, 0.29) is 6.10 Å². The molecule has 4 rings (SSSR count). The van der Waals surface area contributed by atoms with Crippen molar-refractivity contribution in [3.05, 3.63) is 71.3 Å². The van der Waals surface area contributed by atoms with E-state index in [1.807, 2.05) is 6.07 Å². The highest BCUT2D eigenvalue weighted by atomic mass is 16.5. The number of ether oxygens (including phenoxy) is 2. The van der Waals surface area contributed by atoms with E-state index in [0.29, 0.717) is 6.61 Å². The van der Waals surface area contributed by atoms with E-state index in [2.05, 4.69) is 60.4 Å². The molecular weight excluding hydrogens is 334 g/mol. The number of piperidine rings is 1. The van der Waals surface area contributed by atoms with Gasteiger partial charge in [0.05, 0.1) is 12.2 Å². The summed E-state index contributed by atoms with van der Waals surface area (Å²) >= 11 is 0. The van der Waals surface area contributed by atoms with Crippen molar-refractivity contribution in [2.75, 3.05) is 26.2 Å². The van der Waals surface area contributed by atoms with Crippen LogP contribution in [0.25, 0.3) is 5.76 Å². The lowest BCUT2D eigenvalue weighted by molar-refractivity contribution is 0.181. The van der Waals surface area contributed by atoms with Crippen LogP contribution in [0, 0.1) is 0 Å². The second kappa shape index (κ2) is 8.62. The van der Waals surface area contributed by atoms with Crippen molar-refractivity contribution >= 4 is 5.76 Å². The van der Waals surface area contributed by atoms with Gasteiger partial charge in [-0.05, 0) is 50.6 Å². The molecule has 2 heterocycles. The fourth-order valence-electron chi connectivity index (χ4n) is 4.14. The van der Waals surface area contributed by atoms with Crippen LogP contribution < -0.4 is 4.74 Å². The van der Waals surface area contributed by atoms with Gasteiger partial charge in [0.2, 0.25) is 0 Å². The van der Waals surface area contributed by atoms with E-state index in [4.69, 9.17) is 9.47 Å². The summed E-state index contributed by atoms with van der Waals surface area (Å²) in [4.78, 5) is 2.56. The summed E-state index contributed by atoms with van der Waals surface area (Å²) in [6.45, 7) is 6.01. The summed E-state index contributed by atoms with van der Waals surface area (Å²) in [6, 6.07) is 18.9. The first-order chi connectivity index (χ1) is 13.3. The second-order valence-corrected chi connectivity index (χ2v) is 7.42. The van der Waals surface area contributed by atoms with Crippen molar-refractivity contribution in [1.82, 2.24) is 4.90 Å². The zero-order chi connectivity index (χ0) is 18.5. The molecule has 1 atom stereocenters. The molecule has 0 bridgehead atoms. The summed E-state index contributed by atoms with van der Waals surface area (Å²) in [6.07, 6.45) is 4.82. The maximum absolute atomic E-state index is 6.50. The van der Waals surface area contributed by atoms with Crippen molar-refractivity contribution < 1.29 is 9.47 Å². The second-order valence-electron chi connectivity index (χ2n) is 7.42. The van der Waals surface area contributed by atoms with Crippen LogP contribution >= 0.6 is 0 Å². The third kappa shape index (κ3) is 4.19. The first-order valence-electron chi connectivity index (χ1n) is 10.2. The Morgan fingerprint density at radius 1 is 0.963 bits per heavy atom. The van der Waals surface area contributed by atoms with Crippen molar-refractivity contribution in [3.8, 4) is 5.75 Å². The Labute approximate surface area is 162 Å². The van der Waals surface area contributed by atoms with Crippen molar-refractivity contribution in [2.45, 2.75) is 38.7 Å². The van der Waals surface area contributed by atoms with E-state index in [1.165, 1.54) is 43.5 Å². The van der Waals surface area contributed by atoms with Gasteiger partial charge in [0, 0.05) is 18.5 Å². The van der Waals surface area contributed by atoms with Crippen LogP contribution in [-0.4, -0.2) is 37.2 Å². The van der Waals surface area contributed by atoms with Crippen molar-refractivity contribution in [3.63, 3.8) is 0 Å². The summed E-state index contributed by atoms with van der Waals surface area (Å²) in [5, 5.41) is 0. The Bertz CT molecular complexity index is 778. The molecule has 0 aliphatic carbocycles. The highest BCUT2D eigenvalue weighted by molar-refractivity contribution is 5.71. The average molecular weight is 364 g/mol. The topological polar surface area (TPSA) is 21.7 Å². The molecule has 0 amide bonds. The van der Waals surface area contributed by atoms with Gasteiger partial charge in [0.1, 0.15) is 17.6 Å². The fraction of sp³-hybridized carbons (Fsp3) is 0.417. The van der Waals surface area contributed by atoms with Gasteiger partial charge < -0.3 is 9.47 Å². The quantitative estimate of drug-likeness (QED) is 0.727. The van der Waals surface area contributed by atoms with Crippen LogP contribution in [-0.2, 0) is 11.2 Å². The monoisotopic (exact) mass is 363 g/mol. The van der Waals surface area contributed by atoms with Gasteiger partial charge in [-0.2, -0.15) is 0 Å². The lowest BCUT2D eigenvalue weighted by Crippen LogP contribution is -2.38. The van der Waals surface area contributed by atoms with Crippen LogP contribution in [0.5, 0.6) is 5.75 Å². The molecule has 2 aliphatic rings. The molecule has 2 aromatic carbocycles. The largest absolute Gasteiger partial charge is 0.493 e. The smallest absolute Gasteiger partial charge is 0.134 e. The van der Waals surface area contributed by atoms with Crippen LogP contribution in [0.4, 0.5) is 0 Å². The van der Waals surface area contributed by atoms with Gasteiger partial charge in [-0.1, -0.05) is 48.9 Å². The van der Waals surface area contributed by atoms with Crippen LogP contribution in [0.1, 0.15) is 37.3 Å². The molecule has 27 heavy (non-hydrogen) atoms. The van der Waals surface area contributed by atoms with Crippen LogP contribution in [0.3, 0.4) is 0 Å². The predicted octanol–water partition coefficient (Wildman–Crippen LogP) is 4.92. The van der Waals surface area contributed by atoms with Crippen LogP contribution in [0.15, 0.2) is 60.2 Å². The van der Waals surface area contributed by atoms with E-state index >= 15 is 0 Å². The molecule has 2 aliphatic heterocycles. The van der Waals surface area contributed by atoms with E-state index in [9.17, 15) is 0 Å². The normalized spacial score (nSPS) is 20.1. The summed E-state index contributed by atoms with van der Waals surface area (Å²) in [7, 11) is 0. The minimum Gasteiger partial charge on any atom is -0.493 e. The number of hydrogen-bond acceptors (Lipinski definition) is 3. The predicted molar refractivity (Wildman–Crippen MR) is 110 cm³/mol. The average Bonchev–Trinajstić information content (AvgIpc) is 2.72. The van der Waals surface area contributed by atoms with E-state index in [1.54, 1.807) is 0 Å². The third-order valence-electron chi connectivity index (χ3n) is 5.48. The number of likely N-dealkylation sites (tertiary alicyclic amines) is 1. The molecule has 0 radical (unpaired) electrons. The van der Waals surface area contributed by atoms with Gasteiger partial charge in [-0.3, -0.25) is 4.90 Å². The Kier molecular flexibility index (Phi) is 5.78. The maximum atomic E-state index is 6.50. The number of hydrogen-bond donors (Lipinski definition) is 0. The molecule has 3 nitrogen and oxygen atoms in total. The number of rotatable bonds is 6. The zero-order valence-electron chi connectivity index (χ0n) is 16.2. The Morgan fingerprint density at radius 3 is 2.48 bits per heavy atom. The third-order valence-corrected chi connectivity index (χ3v) is 5.48. The Balaban J connectivity index is 1.70. The zero-order valence-corrected chi connectivity index (χ0v) is 16.2. The maximum Gasteiger partial charge on any atom is 0.134 e. The SMILES string of the molecule is CCOC1=C(CN2CCCCC2)[C@@H](Cc2ccccc2)Oc2ccccc21. The van der Waals surface area contributed by atoms with Crippen molar-refractivity contribution in [1.29, 1.82) is 0 Å². The first kappa shape index (κ1) is 18.1. The summed E-state index contributed by atoms with van der Waals surface area (Å²) < 4.78 is 12.7. The Hall–Kier alpha value is -2.26. The molecular formula is C24H29NO2. The number of para-hydroxylation sites is 1. The van der Waals surface area contributed by atoms with Crippen LogP contribution in [0.2, 0.25) is 0 Å². The molecule has 3 heteroatoms.